The highest BCUT2D eigenvalue weighted by atomic mass is 35.5. The summed E-state index contributed by atoms with van der Waals surface area (Å²) in [5, 5.41) is 24.1. The molecule has 4 saturated heterocycles. The maximum atomic E-state index is 15.4. The van der Waals surface area contributed by atoms with Gasteiger partial charge in [0.15, 0.2) is 11.9 Å². The Kier molecular flexibility index (Phi) is 8.56. The zero-order chi connectivity index (χ0) is 38.5. The third kappa shape index (κ3) is 5.60. The van der Waals surface area contributed by atoms with Crippen molar-refractivity contribution in [1.29, 1.82) is 0 Å². The number of aryl methyl sites for hydroxylation is 2. The Labute approximate surface area is 326 Å². The summed E-state index contributed by atoms with van der Waals surface area (Å²) in [6, 6.07) is 5.30. The van der Waals surface area contributed by atoms with Gasteiger partial charge in [0.25, 0.3) is 0 Å². The van der Waals surface area contributed by atoms with Crippen LogP contribution in [0, 0.1) is 5.82 Å². The number of rotatable bonds is 6. The van der Waals surface area contributed by atoms with Gasteiger partial charge in [-0.2, -0.15) is 20.2 Å². The Morgan fingerprint density at radius 3 is 2.80 bits per heavy atom. The molecular formula is C40H44ClF2N9O4. The van der Waals surface area contributed by atoms with Gasteiger partial charge in [-0.3, -0.25) is 9.58 Å². The Morgan fingerprint density at radius 2 is 1.98 bits per heavy atom. The fourth-order valence-corrected chi connectivity index (χ4v) is 9.97. The van der Waals surface area contributed by atoms with E-state index in [4.69, 9.17) is 46.0 Å². The van der Waals surface area contributed by atoms with Gasteiger partial charge in [-0.25, -0.2) is 13.5 Å². The van der Waals surface area contributed by atoms with E-state index in [0.29, 0.717) is 67.4 Å². The second-order valence-corrected chi connectivity index (χ2v) is 16.6. The molecule has 0 amide bonds. The lowest BCUT2D eigenvalue weighted by Gasteiger charge is -2.31. The first-order chi connectivity index (χ1) is 27.1. The first-order valence-corrected chi connectivity index (χ1v) is 19.8. The summed E-state index contributed by atoms with van der Waals surface area (Å²) in [5.74, 6) is 0.0379. The van der Waals surface area contributed by atoms with E-state index in [9.17, 15) is 9.50 Å². The molecule has 3 atom stereocenters. The molecule has 294 valence electrons. The van der Waals surface area contributed by atoms with E-state index in [-0.39, 0.29) is 36.0 Å². The molecule has 0 saturated carbocycles. The minimum atomic E-state index is -1.15. The average molecular weight is 788 g/mol. The monoisotopic (exact) mass is 787 g/mol. The van der Waals surface area contributed by atoms with Crippen LogP contribution in [-0.4, -0.2) is 108 Å². The molecule has 10 rings (SSSR count). The summed E-state index contributed by atoms with van der Waals surface area (Å²) < 4.78 is 53.4. The van der Waals surface area contributed by atoms with Crippen LogP contribution in [0.15, 0.2) is 36.3 Å². The number of hydrogen-bond acceptors (Lipinski definition) is 10. The number of hydrogen-bond donors (Lipinski definition) is 1. The highest BCUT2D eigenvalue weighted by Crippen LogP contribution is 2.47. The van der Waals surface area contributed by atoms with Crippen molar-refractivity contribution in [3.63, 3.8) is 0 Å². The van der Waals surface area contributed by atoms with Gasteiger partial charge in [0.05, 0.1) is 64.8 Å². The highest BCUT2D eigenvalue weighted by Gasteiger charge is 2.47. The lowest BCUT2D eigenvalue weighted by Crippen LogP contribution is -2.44. The molecule has 4 fully saturated rings. The molecule has 56 heavy (non-hydrogen) atoms. The molecule has 4 aliphatic heterocycles. The van der Waals surface area contributed by atoms with Crippen molar-refractivity contribution in [2.24, 2.45) is 14.1 Å². The molecule has 0 radical (unpaired) electrons. The van der Waals surface area contributed by atoms with E-state index in [0.717, 1.165) is 83.3 Å². The van der Waals surface area contributed by atoms with E-state index in [1.807, 2.05) is 34.3 Å². The fourth-order valence-electron chi connectivity index (χ4n) is 9.71. The van der Waals surface area contributed by atoms with Gasteiger partial charge >= 0.3 is 6.01 Å². The molecule has 4 aliphatic rings. The maximum absolute atomic E-state index is 15.4. The molecule has 2 aromatic carbocycles. The normalized spacial score (nSPS) is 25.7. The molecule has 0 aliphatic carbocycles. The van der Waals surface area contributed by atoms with Gasteiger partial charge in [0, 0.05) is 50.1 Å². The Balaban J connectivity index is 1.20. The van der Waals surface area contributed by atoms with Crippen LogP contribution >= 0.6 is 11.6 Å². The number of anilines is 1. The topological polar surface area (TPSA) is 121 Å². The van der Waals surface area contributed by atoms with Crippen LogP contribution in [0.2, 0.25) is 5.02 Å². The van der Waals surface area contributed by atoms with Gasteiger partial charge < -0.3 is 28.8 Å². The number of nitrogens with zero attached hydrogens (tertiary/aromatic N) is 9. The minimum absolute atomic E-state index is 0.000365. The Bertz CT molecular complexity index is 2580. The first-order valence-electron chi connectivity index (χ1n) is 19.4. The lowest BCUT2D eigenvalue weighted by molar-refractivity contribution is -0.0366. The van der Waals surface area contributed by atoms with Gasteiger partial charge in [0.2, 0.25) is 0 Å². The van der Waals surface area contributed by atoms with Crippen molar-refractivity contribution in [3.05, 3.63) is 47.1 Å². The van der Waals surface area contributed by atoms with Gasteiger partial charge in [-0.15, -0.1) is 0 Å². The third-order valence-electron chi connectivity index (χ3n) is 12.3. The standard InChI is InChI=1S/C40H44ClF2N9O4/c1-39(53)20-50(12-14-54-21-39)37-31-34-35(48(2)36(31)45-38(46-37)56-22-40-10-6-11-51(40)19-23(16-40)17-42)33(47-49(34)3)30-25-18-44-52(28-7-4-5-13-55-28)27(25)15-24-8-9-26(43)32(41)29(24)30/h8-9,15,17-18,28,53H,4-7,10-14,16,19-22H2,1-3H3/b23-17-/t28?,39-,40-/m0/s1. The fraction of sp³-hybridized carbons (Fsp3) is 0.500. The highest BCUT2D eigenvalue weighted by molar-refractivity contribution is 6.38. The molecule has 1 N–H and O–H groups in total. The summed E-state index contributed by atoms with van der Waals surface area (Å²) >= 11 is 6.87. The van der Waals surface area contributed by atoms with Gasteiger partial charge in [-0.1, -0.05) is 17.7 Å². The molecule has 16 heteroatoms. The molecule has 1 unspecified atom stereocenters. The molecule has 0 spiro atoms. The molecule has 4 aromatic heterocycles. The maximum Gasteiger partial charge on any atom is 0.320 e. The number of halogens is 3. The van der Waals surface area contributed by atoms with Crippen LogP contribution in [0.1, 0.15) is 51.7 Å². The van der Waals surface area contributed by atoms with Crippen LogP contribution in [0.3, 0.4) is 0 Å². The van der Waals surface area contributed by atoms with Crippen LogP contribution in [0.25, 0.3) is 55.0 Å². The minimum Gasteiger partial charge on any atom is -0.461 e. The molecule has 8 heterocycles. The molecular weight excluding hydrogens is 744 g/mol. The van der Waals surface area contributed by atoms with E-state index in [1.54, 1.807) is 23.9 Å². The van der Waals surface area contributed by atoms with E-state index in [2.05, 4.69) is 4.90 Å². The summed E-state index contributed by atoms with van der Waals surface area (Å²) in [7, 11) is 3.80. The van der Waals surface area contributed by atoms with Crippen molar-refractivity contribution < 1.29 is 28.1 Å². The number of fused-ring (bicyclic) bond motifs is 6. The summed E-state index contributed by atoms with van der Waals surface area (Å²) in [5.41, 5.74) is 3.43. The van der Waals surface area contributed by atoms with E-state index in [1.165, 1.54) is 6.07 Å². The van der Waals surface area contributed by atoms with E-state index < -0.39 is 11.4 Å². The smallest absolute Gasteiger partial charge is 0.320 e. The quantitative estimate of drug-likeness (QED) is 0.198. The Morgan fingerprint density at radius 1 is 1.11 bits per heavy atom. The Hall–Kier alpha value is -4.41. The van der Waals surface area contributed by atoms with Crippen LogP contribution in [0.5, 0.6) is 6.01 Å². The van der Waals surface area contributed by atoms with Crippen LogP contribution < -0.4 is 9.64 Å². The predicted molar refractivity (Wildman–Crippen MR) is 209 cm³/mol. The number of aromatic nitrogens is 7. The van der Waals surface area contributed by atoms with Crippen molar-refractivity contribution in [1.82, 2.24) is 39.0 Å². The van der Waals surface area contributed by atoms with Gasteiger partial charge in [-0.05, 0) is 75.1 Å². The zero-order valence-electron chi connectivity index (χ0n) is 31.7. The number of aliphatic hydroxyl groups is 1. The summed E-state index contributed by atoms with van der Waals surface area (Å²) in [4.78, 5) is 14.4. The van der Waals surface area contributed by atoms with Gasteiger partial charge in [0.1, 0.15) is 29.5 Å². The summed E-state index contributed by atoms with van der Waals surface area (Å²) in [6.07, 6.45) is 7.66. The largest absolute Gasteiger partial charge is 0.461 e. The number of benzene rings is 2. The molecule has 6 aromatic rings. The number of ether oxygens (including phenoxy) is 3. The predicted octanol–water partition coefficient (Wildman–Crippen LogP) is 6.57. The van der Waals surface area contributed by atoms with Crippen molar-refractivity contribution in [3.8, 4) is 17.3 Å². The van der Waals surface area contributed by atoms with Crippen molar-refractivity contribution in [2.75, 3.05) is 57.5 Å². The van der Waals surface area contributed by atoms with Crippen molar-refractivity contribution in [2.45, 2.75) is 62.8 Å². The second-order valence-electron chi connectivity index (χ2n) is 16.3. The first kappa shape index (κ1) is 36.0. The summed E-state index contributed by atoms with van der Waals surface area (Å²) in [6.45, 7) is 5.47. The zero-order valence-corrected chi connectivity index (χ0v) is 32.5. The van der Waals surface area contributed by atoms with Crippen LogP contribution in [0.4, 0.5) is 14.6 Å². The SMILES string of the molecule is Cn1nc(-c2c3cnn(C4CCCCO4)c3cc3ccc(F)c(Cl)c23)c2c1c1c(N3CCOC[C@@](C)(O)C3)nc(OC[C@@]34CCCN3C/C(=C\F)C4)nc1n2C. The average Bonchev–Trinajstić information content (AvgIpc) is 3.98. The van der Waals surface area contributed by atoms with E-state index >= 15 is 4.39 Å². The number of β-amino-alcohol motifs (C(OH)–C–C–N with tert-alkyl or cyclic N) is 1. The third-order valence-corrected chi connectivity index (χ3v) is 12.6. The van der Waals surface area contributed by atoms with Crippen molar-refractivity contribution >= 4 is 61.2 Å². The lowest BCUT2D eigenvalue weighted by atomic mass is 9.94. The molecule has 13 nitrogen and oxygen atoms in total. The second kappa shape index (κ2) is 13.3. The molecule has 0 bridgehead atoms. The van der Waals surface area contributed by atoms with Crippen LogP contribution in [-0.2, 0) is 23.6 Å².